The Labute approximate surface area is 143 Å². The molecular weight excluding hydrogens is 358 g/mol. The van der Waals surface area contributed by atoms with Crippen LogP contribution in [0.25, 0.3) is 0 Å². The topological polar surface area (TPSA) is 110 Å². The van der Waals surface area contributed by atoms with Gasteiger partial charge in [-0.1, -0.05) is 16.8 Å². The smallest absolute Gasteiger partial charge is 0.299 e. The summed E-state index contributed by atoms with van der Waals surface area (Å²) in [4.78, 5) is 13.4. The Kier molecular flexibility index (Phi) is 4.04. The summed E-state index contributed by atoms with van der Waals surface area (Å²) in [5.74, 6) is -0.287. The van der Waals surface area contributed by atoms with Crippen molar-refractivity contribution in [1.29, 1.82) is 0 Å². The highest BCUT2D eigenvalue weighted by Gasteiger charge is 2.35. The summed E-state index contributed by atoms with van der Waals surface area (Å²) in [6.07, 6.45) is 3.20. The highest BCUT2D eigenvalue weighted by Crippen LogP contribution is 2.44. The van der Waals surface area contributed by atoms with Gasteiger partial charge < -0.3 is 9.42 Å². The van der Waals surface area contributed by atoms with Gasteiger partial charge in [0.15, 0.2) is 5.69 Å². The van der Waals surface area contributed by atoms with E-state index in [4.69, 9.17) is 16.1 Å². The highest BCUT2D eigenvalue weighted by molar-refractivity contribution is 7.92. The van der Waals surface area contributed by atoms with E-state index in [2.05, 4.69) is 15.0 Å². The number of carbonyl (C=O) groups is 1. The molecule has 0 aliphatic heterocycles. The quantitative estimate of drug-likeness (QED) is 0.849. The van der Waals surface area contributed by atoms with E-state index < -0.39 is 21.0 Å². The molecule has 24 heavy (non-hydrogen) atoms. The number of rotatable bonds is 5. The molecule has 11 heteroatoms. The van der Waals surface area contributed by atoms with E-state index in [1.54, 1.807) is 21.1 Å². The fourth-order valence-corrected chi connectivity index (χ4v) is 3.71. The Balaban J connectivity index is 1.94. The van der Waals surface area contributed by atoms with Gasteiger partial charge in [0.2, 0.25) is 0 Å². The van der Waals surface area contributed by atoms with Gasteiger partial charge in [0.05, 0.1) is 5.69 Å². The first kappa shape index (κ1) is 16.8. The number of amides is 1. The number of carbonyl (C=O) groups excluding carboxylic acids is 1. The molecule has 1 saturated carbocycles. The molecule has 9 nitrogen and oxygen atoms in total. The molecule has 2 aromatic rings. The average Bonchev–Trinajstić information content (AvgIpc) is 3.15. The normalized spacial score (nSPS) is 14.7. The molecule has 0 spiro atoms. The van der Waals surface area contributed by atoms with Crippen LogP contribution in [0.3, 0.4) is 0 Å². The third-order valence-electron chi connectivity index (χ3n) is 3.52. The van der Waals surface area contributed by atoms with Crippen molar-refractivity contribution in [3.05, 3.63) is 22.6 Å². The second-order valence-electron chi connectivity index (χ2n) is 5.81. The number of halogens is 1. The lowest BCUT2D eigenvalue weighted by atomic mass is 10.3. The van der Waals surface area contributed by atoms with Crippen molar-refractivity contribution in [1.82, 2.24) is 19.8 Å². The van der Waals surface area contributed by atoms with Gasteiger partial charge in [0.25, 0.3) is 21.0 Å². The number of nitrogens with zero attached hydrogens (tertiary/aromatic N) is 4. The number of aryl methyl sites for hydroxylation is 1. The summed E-state index contributed by atoms with van der Waals surface area (Å²) in [5.41, 5.74) is 0.466. The molecule has 2 aromatic heterocycles. The first-order valence-corrected chi connectivity index (χ1v) is 9.00. The lowest BCUT2D eigenvalue weighted by molar-refractivity contribution is 0.0822. The summed E-state index contributed by atoms with van der Waals surface area (Å²) >= 11 is 6.10. The zero-order valence-electron chi connectivity index (χ0n) is 13.3. The van der Waals surface area contributed by atoms with Gasteiger partial charge in [0, 0.05) is 33.3 Å². The van der Waals surface area contributed by atoms with Gasteiger partial charge >= 0.3 is 0 Å². The van der Waals surface area contributed by atoms with E-state index in [1.807, 2.05) is 0 Å². The molecule has 1 aliphatic rings. The molecule has 1 aliphatic carbocycles. The van der Waals surface area contributed by atoms with Crippen molar-refractivity contribution >= 4 is 33.2 Å². The summed E-state index contributed by atoms with van der Waals surface area (Å²) in [5, 5.41) is 7.27. The molecule has 0 atom stereocenters. The maximum atomic E-state index is 12.5. The Bertz CT molecular complexity index is 898. The standard InChI is InChI=1S/C13H16ClN5O4S/c1-18(2)12(20)11-8(6-19(3)15-11)17-24(21,22)13-9(14)10(16-23-13)7-4-5-7/h6-7,17H,4-5H2,1-3H3. The predicted molar refractivity (Wildman–Crippen MR) is 85.5 cm³/mol. The zero-order valence-corrected chi connectivity index (χ0v) is 14.8. The molecule has 0 bridgehead atoms. The maximum Gasteiger partial charge on any atom is 0.299 e. The molecule has 2 heterocycles. The molecule has 130 valence electrons. The molecule has 0 unspecified atom stereocenters. The summed E-state index contributed by atoms with van der Waals surface area (Å²) in [7, 11) is 0.540. The van der Waals surface area contributed by atoms with E-state index >= 15 is 0 Å². The number of hydrogen-bond acceptors (Lipinski definition) is 6. The fourth-order valence-electron chi connectivity index (χ4n) is 2.18. The minimum Gasteiger partial charge on any atom is -0.343 e. The molecule has 1 amide bonds. The van der Waals surface area contributed by atoms with Crippen LogP contribution in [0.4, 0.5) is 5.69 Å². The first-order chi connectivity index (χ1) is 11.2. The van der Waals surface area contributed by atoms with Crippen LogP contribution in [0, 0.1) is 0 Å². The lowest BCUT2D eigenvalue weighted by Crippen LogP contribution is -2.24. The van der Waals surface area contributed by atoms with Crippen molar-refractivity contribution in [2.45, 2.75) is 23.9 Å². The van der Waals surface area contributed by atoms with Gasteiger partial charge in [-0.15, -0.1) is 0 Å². The molecule has 0 saturated heterocycles. The van der Waals surface area contributed by atoms with Crippen LogP contribution in [0.5, 0.6) is 0 Å². The highest BCUT2D eigenvalue weighted by atomic mass is 35.5. The van der Waals surface area contributed by atoms with Crippen LogP contribution < -0.4 is 4.72 Å². The van der Waals surface area contributed by atoms with Crippen molar-refractivity contribution in [3.8, 4) is 0 Å². The summed E-state index contributed by atoms with van der Waals surface area (Å²) < 4.78 is 33.7. The molecular formula is C13H16ClN5O4S. The van der Waals surface area contributed by atoms with E-state index in [-0.39, 0.29) is 22.3 Å². The van der Waals surface area contributed by atoms with Crippen LogP contribution in [0.1, 0.15) is 34.9 Å². The number of aromatic nitrogens is 3. The van der Waals surface area contributed by atoms with Crippen molar-refractivity contribution < 1.29 is 17.7 Å². The number of anilines is 1. The van der Waals surface area contributed by atoms with E-state index in [0.29, 0.717) is 5.69 Å². The number of nitrogens with one attached hydrogen (secondary N) is 1. The largest absolute Gasteiger partial charge is 0.343 e. The Morgan fingerprint density at radius 3 is 2.71 bits per heavy atom. The minimum atomic E-state index is -4.13. The van der Waals surface area contributed by atoms with Gasteiger partial charge in [-0.05, 0) is 12.8 Å². The number of hydrogen-bond donors (Lipinski definition) is 1. The van der Waals surface area contributed by atoms with Crippen LogP contribution in [0.15, 0.2) is 15.8 Å². The lowest BCUT2D eigenvalue weighted by Gasteiger charge is -2.10. The van der Waals surface area contributed by atoms with Gasteiger partial charge in [-0.25, -0.2) is 0 Å². The average molecular weight is 374 g/mol. The van der Waals surface area contributed by atoms with Crippen LogP contribution >= 0.6 is 11.6 Å². The Morgan fingerprint density at radius 2 is 2.12 bits per heavy atom. The monoisotopic (exact) mass is 373 g/mol. The van der Waals surface area contributed by atoms with Crippen molar-refractivity contribution in [2.24, 2.45) is 7.05 Å². The van der Waals surface area contributed by atoms with E-state index in [0.717, 1.165) is 12.8 Å². The van der Waals surface area contributed by atoms with E-state index in [9.17, 15) is 13.2 Å². The maximum absolute atomic E-state index is 12.5. The Hall–Kier alpha value is -2.07. The second-order valence-corrected chi connectivity index (χ2v) is 7.77. The van der Waals surface area contributed by atoms with Crippen molar-refractivity contribution in [3.63, 3.8) is 0 Å². The zero-order chi connectivity index (χ0) is 17.6. The number of sulfonamides is 1. The summed E-state index contributed by atoms with van der Waals surface area (Å²) in [6.45, 7) is 0. The molecule has 3 rings (SSSR count). The SMILES string of the molecule is CN(C)C(=O)c1nn(C)cc1NS(=O)(=O)c1onc(C2CC2)c1Cl. The summed E-state index contributed by atoms with van der Waals surface area (Å²) in [6, 6.07) is 0. The fraction of sp³-hybridized carbons (Fsp3) is 0.462. The predicted octanol–water partition coefficient (Wildman–Crippen LogP) is 1.44. The minimum absolute atomic E-state index is 0.0191. The molecule has 1 N–H and O–H groups in total. The molecule has 0 radical (unpaired) electrons. The third kappa shape index (κ3) is 2.98. The van der Waals surface area contributed by atoms with Crippen LogP contribution in [-0.4, -0.2) is 48.3 Å². The third-order valence-corrected chi connectivity index (χ3v) is 5.25. The van der Waals surface area contributed by atoms with Crippen LogP contribution in [-0.2, 0) is 17.1 Å². The van der Waals surface area contributed by atoms with Crippen LogP contribution in [0.2, 0.25) is 5.02 Å². The van der Waals surface area contributed by atoms with Gasteiger partial charge in [-0.2, -0.15) is 13.5 Å². The Morgan fingerprint density at radius 1 is 1.46 bits per heavy atom. The molecule has 0 aromatic carbocycles. The first-order valence-electron chi connectivity index (χ1n) is 7.14. The van der Waals surface area contributed by atoms with Gasteiger partial charge in [-0.3, -0.25) is 14.2 Å². The van der Waals surface area contributed by atoms with Gasteiger partial charge in [0.1, 0.15) is 10.7 Å². The molecule has 1 fully saturated rings. The van der Waals surface area contributed by atoms with Crippen molar-refractivity contribution in [2.75, 3.05) is 18.8 Å². The van der Waals surface area contributed by atoms with E-state index in [1.165, 1.54) is 15.8 Å². The second kappa shape index (κ2) is 5.78.